The first-order valence-electron chi connectivity index (χ1n) is 8.49. The number of carbonyl (C=O) groups excluding carboxylic acids is 2. The Labute approximate surface area is 156 Å². The van der Waals surface area contributed by atoms with Gasteiger partial charge in [-0.2, -0.15) is 0 Å². The summed E-state index contributed by atoms with van der Waals surface area (Å²) >= 11 is 3.44. The van der Waals surface area contributed by atoms with E-state index in [1.165, 1.54) is 0 Å². The van der Waals surface area contributed by atoms with Crippen molar-refractivity contribution in [3.05, 3.63) is 69.7 Å². The maximum atomic E-state index is 12.9. The second-order valence-electron chi connectivity index (χ2n) is 6.14. The van der Waals surface area contributed by atoms with Crippen molar-refractivity contribution in [1.82, 2.24) is 10.2 Å². The second kappa shape index (κ2) is 7.83. The summed E-state index contributed by atoms with van der Waals surface area (Å²) in [5.74, 6) is -0.119. The van der Waals surface area contributed by atoms with Crippen LogP contribution in [0.2, 0.25) is 0 Å². The van der Waals surface area contributed by atoms with E-state index in [1.807, 2.05) is 55.5 Å². The van der Waals surface area contributed by atoms with Crippen LogP contribution in [0, 0.1) is 0 Å². The van der Waals surface area contributed by atoms with Crippen LogP contribution in [0.5, 0.6) is 0 Å². The zero-order valence-electron chi connectivity index (χ0n) is 14.2. The minimum atomic E-state index is -0.551. The van der Waals surface area contributed by atoms with Crippen molar-refractivity contribution in [1.29, 1.82) is 0 Å². The van der Waals surface area contributed by atoms with E-state index >= 15 is 0 Å². The third kappa shape index (κ3) is 3.93. The van der Waals surface area contributed by atoms with E-state index in [2.05, 4.69) is 21.2 Å². The van der Waals surface area contributed by atoms with Crippen LogP contribution in [-0.2, 0) is 22.6 Å². The maximum Gasteiger partial charge on any atom is 0.247 e. The quantitative estimate of drug-likeness (QED) is 0.851. The van der Waals surface area contributed by atoms with E-state index in [0.717, 1.165) is 27.6 Å². The van der Waals surface area contributed by atoms with E-state index in [0.29, 0.717) is 19.5 Å². The summed E-state index contributed by atoms with van der Waals surface area (Å²) in [7, 11) is 0. The minimum absolute atomic E-state index is 0.0112. The Hall–Kier alpha value is -2.14. The molecular weight excluding hydrogens is 380 g/mol. The second-order valence-corrected chi connectivity index (χ2v) is 7.06. The predicted octanol–water partition coefficient (Wildman–Crippen LogP) is 3.60. The lowest BCUT2D eigenvalue weighted by atomic mass is 9.91. The highest BCUT2D eigenvalue weighted by atomic mass is 79.9. The maximum absolute atomic E-state index is 12.9. The van der Waals surface area contributed by atoms with Gasteiger partial charge in [0, 0.05) is 24.0 Å². The van der Waals surface area contributed by atoms with Crippen LogP contribution < -0.4 is 5.32 Å². The molecule has 3 rings (SSSR count). The number of nitrogens with one attached hydrogen (secondary N) is 1. The van der Waals surface area contributed by atoms with Crippen molar-refractivity contribution in [3.63, 3.8) is 0 Å². The fourth-order valence-electron chi connectivity index (χ4n) is 3.25. The third-order valence-corrected chi connectivity index (χ3v) is 5.00. The van der Waals surface area contributed by atoms with Gasteiger partial charge in [-0.25, -0.2) is 0 Å². The molecule has 0 saturated heterocycles. The molecule has 25 heavy (non-hydrogen) atoms. The number of hydrogen-bond acceptors (Lipinski definition) is 2. The van der Waals surface area contributed by atoms with Gasteiger partial charge in [-0.3, -0.25) is 9.59 Å². The number of carbonyl (C=O) groups is 2. The average molecular weight is 401 g/mol. The first-order chi connectivity index (χ1) is 12.1. The largest absolute Gasteiger partial charge is 0.350 e. The normalized spacial score (nSPS) is 16.2. The number of nitrogens with zero attached hydrogens (tertiary/aromatic N) is 1. The molecule has 2 amide bonds. The lowest BCUT2D eigenvalue weighted by molar-refractivity contribution is -0.141. The van der Waals surface area contributed by atoms with Crippen molar-refractivity contribution in [2.45, 2.75) is 32.4 Å². The Morgan fingerprint density at radius 2 is 2.00 bits per heavy atom. The molecule has 5 heteroatoms. The summed E-state index contributed by atoms with van der Waals surface area (Å²) in [5, 5.41) is 2.99. The molecule has 0 bridgehead atoms. The van der Waals surface area contributed by atoms with Crippen LogP contribution in [0.4, 0.5) is 0 Å². The smallest absolute Gasteiger partial charge is 0.247 e. The Bertz CT molecular complexity index is 791. The van der Waals surface area contributed by atoms with E-state index in [9.17, 15) is 9.59 Å². The number of benzene rings is 2. The monoisotopic (exact) mass is 400 g/mol. The summed E-state index contributed by atoms with van der Waals surface area (Å²) in [5.41, 5.74) is 3.09. The van der Waals surface area contributed by atoms with Crippen molar-refractivity contribution in [2.24, 2.45) is 0 Å². The molecule has 0 aromatic heterocycles. The molecule has 0 fully saturated rings. The number of rotatable bonds is 4. The Kier molecular flexibility index (Phi) is 5.53. The van der Waals surface area contributed by atoms with Gasteiger partial charge in [0.25, 0.3) is 0 Å². The number of amides is 2. The molecule has 1 N–H and O–H groups in total. The molecule has 2 aromatic carbocycles. The summed E-state index contributed by atoms with van der Waals surface area (Å²) in [6.45, 7) is 2.85. The van der Waals surface area contributed by atoms with Gasteiger partial charge in [-0.05, 0) is 35.2 Å². The summed E-state index contributed by atoms with van der Waals surface area (Å²) in [6, 6.07) is 15.2. The van der Waals surface area contributed by atoms with Crippen molar-refractivity contribution in [2.75, 3.05) is 6.54 Å². The molecule has 1 atom stereocenters. The molecule has 1 aliphatic heterocycles. The lowest BCUT2D eigenvalue weighted by Crippen LogP contribution is -2.46. The molecule has 4 nitrogen and oxygen atoms in total. The molecular formula is C20H21BrN2O2. The first-order valence-corrected chi connectivity index (χ1v) is 9.29. The van der Waals surface area contributed by atoms with Crippen LogP contribution in [-0.4, -0.2) is 23.3 Å². The van der Waals surface area contributed by atoms with E-state index in [4.69, 9.17) is 0 Å². The van der Waals surface area contributed by atoms with Gasteiger partial charge in [0.05, 0.1) is 0 Å². The topological polar surface area (TPSA) is 49.4 Å². The lowest BCUT2D eigenvalue weighted by Gasteiger charge is -2.36. The molecule has 130 valence electrons. The molecule has 0 aliphatic carbocycles. The fourth-order valence-corrected chi connectivity index (χ4v) is 3.70. The van der Waals surface area contributed by atoms with Gasteiger partial charge in [0.1, 0.15) is 6.04 Å². The van der Waals surface area contributed by atoms with Crippen LogP contribution in [0.1, 0.15) is 36.1 Å². The summed E-state index contributed by atoms with van der Waals surface area (Å²) < 4.78 is 0.977. The third-order valence-electron chi connectivity index (χ3n) is 4.51. The molecule has 1 aliphatic rings. The van der Waals surface area contributed by atoms with E-state index in [-0.39, 0.29) is 11.8 Å². The van der Waals surface area contributed by atoms with Crippen LogP contribution in [0.3, 0.4) is 0 Å². The zero-order valence-corrected chi connectivity index (χ0v) is 15.8. The van der Waals surface area contributed by atoms with Crippen molar-refractivity contribution in [3.8, 4) is 0 Å². The molecule has 1 heterocycles. The molecule has 1 unspecified atom stereocenters. The highest BCUT2D eigenvalue weighted by molar-refractivity contribution is 9.10. The number of halogens is 1. The molecule has 0 saturated carbocycles. The first kappa shape index (κ1) is 17.7. The Balaban J connectivity index is 1.82. The summed E-state index contributed by atoms with van der Waals surface area (Å²) in [6.07, 6.45) is 1.19. The van der Waals surface area contributed by atoms with Gasteiger partial charge in [0.2, 0.25) is 11.8 Å². The van der Waals surface area contributed by atoms with Gasteiger partial charge < -0.3 is 10.2 Å². The van der Waals surface area contributed by atoms with Gasteiger partial charge in [-0.15, -0.1) is 0 Å². The summed E-state index contributed by atoms with van der Waals surface area (Å²) in [4.78, 5) is 27.0. The Morgan fingerprint density at radius 3 is 2.76 bits per heavy atom. The molecule has 0 spiro atoms. The number of hydrogen-bond donors (Lipinski definition) is 1. The number of fused-ring (bicyclic) bond motifs is 1. The van der Waals surface area contributed by atoms with Gasteiger partial charge in [0.15, 0.2) is 0 Å². The zero-order chi connectivity index (χ0) is 17.8. The Morgan fingerprint density at radius 1 is 1.20 bits per heavy atom. The van der Waals surface area contributed by atoms with Crippen molar-refractivity contribution >= 4 is 27.7 Å². The van der Waals surface area contributed by atoms with Gasteiger partial charge >= 0.3 is 0 Å². The highest BCUT2D eigenvalue weighted by Crippen LogP contribution is 2.30. The van der Waals surface area contributed by atoms with Crippen LogP contribution >= 0.6 is 15.9 Å². The highest BCUT2D eigenvalue weighted by Gasteiger charge is 2.34. The predicted molar refractivity (Wildman–Crippen MR) is 101 cm³/mol. The van der Waals surface area contributed by atoms with Gasteiger partial charge in [-0.1, -0.05) is 59.3 Å². The van der Waals surface area contributed by atoms with Crippen LogP contribution in [0.15, 0.2) is 53.0 Å². The van der Waals surface area contributed by atoms with E-state index < -0.39 is 6.04 Å². The van der Waals surface area contributed by atoms with Crippen LogP contribution in [0.25, 0.3) is 0 Å². The SMILES string of the molecule is CCC(=O)N1CCc2ccccc2C1C(=O)NCc1cccc(Br)c1. The average Bonchev–Trinajstić information content (AvgIpc) is 2.64. The van der Waals surface area contributed by atoms with Crippen molar-refractivity contribution < 1.29 is 9.59 Å². The molecule has 2 aromatic rings. The minimum Gasteiger partial charge on any atom is -0.350 e. The fraction of sp³-hybridized carbons (Fsp3) is 0.300. The standard InChI is InChI=1S/C20H21BrN2O2/c1-2-18(24)23-11-10-15-7-3-4-9-17(15)19(23)20(25)22-13-14-6-5-8-16(21)12-14/h3-9,12,19H,2,10-11,13H2,1H3,(H,22,25). The molecule has 0 radical (unpaired) electrons. The van der Waals surface area contributed by atoms with E-state index in [1.54, 1.807) is 4.90 Å².